The molecule has 6 heteroatoms. The number of amides is 2. The van der Waals surface area contributed by atoms with Crippen molar-refractivity contribution in [2.45, 2.75) is 25.6 Å². The zero-order valence-electron chi connectivity index (χ0n) is 17.0. The van der Waals surface area contributed by atoms with Crippen molar-refractivity contribution in [2.75, 3.05) is 25.5 Å². The fraction of sp³-hybridized carbons (Fsp3) is 0.292. The third-order valence-corrected chi connectivity index (χ3v) is 6.02. The number of thiophene rings is 1. The fourth-order valence-electron chi connectivity index (χ4n) is 3.59. The predicted octanol–water partition coefficient (Wildman–Crippen LogP) is 5.64. The lowest BCUT2D eigenvalue weighted by Crippen LogP contribution is -2.43. The van der Waals surface area contributed by atoms with Crippen LogP contribution in [0.4, 0.5) is 9.80 Å². The van der Waals surface area contributed by atoms with Gasteiger partial charge in [0, 0.05) is 33.0 Å². The Hall–Kier alpha value is -2.83. The van der Waals surface area contributed by atoms with Crippen molar-refractivity contribution in [1.82, 2.24) is 4.90 Å². The van der Waals surface area contributed by atoms with E-state index >= 15 is 0 Å². The number of nitrogens with one attached hydrogen (secondary N) is 1. The van der Waals surface area contributed by atoms with Crippen molar-refractivity contribution in [1.29, 1.82) is 0 Å². The van der Waals surface area contributed by atoms with Crippen molar-refractivity contribution in [3.63, 3.8) is 0 Å². The molecule has 0 aliphatic carbocycles. The van der Waals surface area contributed by atoms with E-state index < -0.39 is 0 Å². The minimum Gasteiger partial charge on any atom is -0.490 e. The van der Waals surface area contributed by atoms with Gasteiger partial charge in [-0.3, -0.25) is 5.32 Å². The Bertz CT molecular complexity index is 932. The molecule has 1 aromatic heterocycles. The van der Waals surface area contributed by atoms with Gasteiger partial charge in [0.2, 0.25) is 0 Å². The van der Waals surface area contributed by atoms with E-state index in [2.05, 4.69) is 41.7 Å². The Labute approximate surface area is 181 Å². The molecule has 156 valence electrons. The number of nitrogens with zero attached hydrogens (tertiary/aromatic N) is 1. The average molecular weight is 423 g/mol. The highest BCUT2D eigenvalue weighted by molar-refractivity contribution is 7.14. The zero-order valence-corrected chi connectivity index (χ0v) is 17.9. The van der Waals surface area contributed by atoms with Crippen LogP contribution in [-0.2, 0) is 11.3 Å². The zero-order chi connectivity index (χ0) is 20.8. The Kier molecular flexibility index (Phi) is 6.67. The topological polar surface area (TPSA) is 50.8 Å². The molecule has 0 unspecified atom stereocenters. The molecule has 1 N–H and O–H groups in total. The maximum atomic E-state index is 12.3. The van der Waals surface area contributed by atoms with E-state index in [-0.39, 0.29) is 12.1 Å². The highest BCUT2D eigenvalue weighted by Crippen LogP contribution is 2.25. The van der Waals surface area contributed by atoms with Crippen LogP contribution >= 0.6 is 11.3 Å². The number of carbonyl (C=O) groups is 1. The van der Waals surface area contributed by atoms with Gasteiger partial charge in [-0.05, 0) is 46.3 Å². The number of benzene rings is 2. The molecule has 1 fully saturated rings. The average Bonchev–Trinajstić information content (AvgIpc) is 3.29. The van der Waals surface area contributed by atoms with Crippen LogP contribution in [-0.4, -0.2) is 37.2 Å². The van der Waals surface area contributed by atoms with Gasteiger partial charge < -0.3 is 14.4 Å². The summed E-state index contributed by atoms with van der Waals surface area (Å²) < 4.78 is 11.3. The van der Waals surface area contributed by atoms with Gasteiger partial charge in [0.05, 0.1) is 11.6 Å². The summed E-state index contributed by atoms with van der Waals surface area (Å²) in [5.41, 5.74) is 3.49. The minimum absolute atomic E-state index is 0.0308. The molecule has 2 aromatic carbocycles. The fourth-order valence-corrected chi connectivity index (χ4v) is 4.20. The van der Waals surface area contributed by atoms with E-state index in [1.807, 2.05) is 34.5 Å². The molecule has 4 rings (SSSR count). The standard InChI is InChI=1S/C24H26N2O3S/c1-28-17-18-4-6-19(7-5-18)20-8-10-21(11-9-20)29-22-12-14-26(15-13-22)24(27)25-23-3-2-16-30-23/h2-11,16,22H,12-15,17H2,1H3,(H,25,27). The van der Waals surface area contributed by atoms with Crippen LogP contribution in [0.2, 0.25) is 0 Å². The lowest BCUT2D eigenvalue weighted by atomic mass is 10.0. The first-order valence-corrected chi connectivity index (χ1v) is 11.0. The summed E-state index contributed by atoms with van der Waals surface area (Å²) in [4.78, 5) is 14.2. The number of methoxy groups -OCH3 is 1. The maximum Gasteiger partial charge on any atom is 0.322 e. The Morgan fingerprint density at radius 3 is 2.30 bits per heavy atom. The van der Waals surface area contributed by atoms with Gasteiger partial charge in [-0.2, -0.15) is 0 Å². The number of hydrogen-bond donors (Lipinski definition) is 1. The third kappa shape index (κ3) is 5.20. The molecule has 0 atom stereocenters. The van der Waals surface area contributed by atoms with Gasteiger partial charge >= 0.3 is 6.03 Å². The quantitative estimate of drug-likeness (QED) is 0.559. The molecular weight excluding hydrogens is 396 g/mol. The van der Waals surface area contributed by atoms with E-state index in [0.29, 0.717) is 19.7 Å². The van der Waals surface area contributed by atoms with E-state index in [4.69, 9.17) is 9.47 Å². The molecule has 1 aliphatic rings. The first kappa shape index (κ1) is 20.4. The van der Waals surface area contributed by atoms with Crippen molar-refractivity contribution >= 4 is 22.4 Å². The van der Waals surface area contributed by atoms with E-state index in [0.717, 1.165) is 34.7 Å². The van der Waals surface area contributed by atoms with Crippen LogP contribution in [0.5, 0.6) is 5.75 Å². The summed E-state index contributed by atoms with van der Waals surface area (Å²) in [6, 6.07) is 20.4. The smallest absolute Gasteiger partial charge is 0.322 e. The van der Waals surface area contributed by atoms with Gasteiger partial charge in [-0.25, -0.2) is 4.79 Å². The lowest BCUT2D eigenvalue weighted by molar-refractivity contribution is 0.115. The summed E-state index contributed by atoms with van der Waals surface area (Å²) in [7, 11) is 1.70. The first-order chi connectivity index (χ1) is 14.7. The van der Waals surface area contributed by atoms with Crippen LogP contribution in [0, 0.1) is 0 Å². The molecular formula is C24H26N2O3S. The Balaban J connectivity index is 1.27. The van der Waals surface area contributed by atoms with Gasteiger partial charge in [0.25, 0.3) is 0 Å². The molecule has 3 aromatic rings. The SMILES string of the molecule is COCc1ccc(-c2ccc(OC3CCN(C(=O)Nc4cccs4)CC3)cc2)cc1. The van der Waals surface area contributed by atoms with Crippen molar-refractivity contribution < 1.29 is 14.3 Å². The normalized spacial score (nSPS) is 14.5. The van der Waals surface area contributed by atoms with Gasteiger partial charge in [-0.15, -0.1) is 11.3 Å². The van der Waals surface area contributed by atoms with Gasteiger partial charge in [0.1, 0.15) is 11.9 Å². The largest absolute Gasteiger partial charge is 0.490 e. The Morgan fingerprint density at radius 1 is 1.03 bits per heavy atom. The summed E-state index contributed by atoms with van der Waals surface area (Å²) in [6.45, 7) is 2.03. The number of carbonyl (C=O) groups excluding carboxylic acids is 1. The molecule has 30 heavy (non-hydrogen) atoms. The number of ether oxygens (including phenoxy) is 2. The molecule has 0 spiro atoms. The highest BCUT2D eigenvalue weighted by Gasteiger charge is 2.24. The van der Waals surface area contributed by atoms with Crippen molar-refractivity contribution in [2.24, 2.45) is 0 Å². The molecule has 2 amide bonds. The lowest BCUT2D eigenvalue weighted by Gasteiger charge is -2.32. The molecule has 0 bridgehead atoms. The third-order valence-electron chi connectivity index (χ3n) is 5.24. The molecule has 5 nitrogen and oxygen atoms in total. The van der Waals surface area contributed by atoms with Gasteiger partial charge in [-0.1, -0.05) is 36.4 Å². The monoisotopic (exact) mass is 422 g/mol. The molecule has 1 saturated heterocycles. The van der Waals surface area contributed by atoms with Crippen LogP contribution in [0.25, 0.3) is 11.1 Å². The van der Waals surface area contributed by atoms with Crippen molar-refractivity contribution in [3.8, 4) is 16.9 Å². The summed E-state index contributed by atoms with van der Waals surface area (Å²) in [5.74, 6) is 0.872. The Morgan fingerprint density at radius 2 is 1.70 bits per heavy atom. The number of hydrogen-bond acceptors (Lipinski definition) is 4. The van der Waals surface area contributed by atoms with E-state index in [9.17, 15) is 4.79 Å². The molecule has 0 radical (unpaired) electrons. The maximum absolute atomic E-state index is 12.3. The van der Waals surface area contributed by atoms with E-state index in [1.54, 1.807) is 7.11 Å². The van der Waals surface area contributed by atoms with Crippen LogP contribution in [0.1, 0.15) is 18.4 Å². The predicted molar refractivity (Wildman–Crippen MR) is 121 cm³/mol. The molecule has 1 aliphatic heterocycles. The van der Waals surface area contributed by atoms with Crippen LogP contribution in [0.15, 0.2) is 66.0 Å². The first-order valence-electron chi connectivity index (χ1n) is 10.2. The summed E-state index contributed by atoms with van der Waals surface area (Å²) in [5, 5.41) is 5.78. The molecule has 0 saturated carbocycles. The summed E-state index contributed by atoms with van der Waals surface area (Å²) >= 11 is 1.53. The van der Waals surface area contributed by atoms with Crippen molar-refractivity contribution in [3.05, 3.63) is 71.6 Å². The second-order valence-electron chi connectivity index (χ2n) is 7.37. The number of piperidine rings is 1. The number of urea groups is 1. The number of rotatable bonds is 6. The van der Waals surface area contributed by atoms with Gasteiger partial charge in [0.15, 0.2) is 0 Å². The van der Waals surface area contributed by atoms with E-state index in [1.165, 1.54) is 16.9 Å². The second kappa shape index (κ2) is 9.78. The second-order valence-corrected chi connectivity index (χ2v) is 8.31. The molecule has 2 heterocycles. The summed E-state index contributed by atoms with van der Waals surface area (Å²) in [6.07, 6.45) is 1.80. The number of anilines is 1. The minimum atomic E-state index is -0.0308. The highest BCUT2D eigenvalue weighted by atomic mass is 32.1. The van der Waals surface area contributed by atoms with Crippen LogP contribution in [0.3, 0.4) is 0 Å². The van der Waals surface area contributed by atoms with Crippen LogP contribution < -0.4 is 10.1 Å². The number of likely N-dealkylation sites (tertiary alicyclic amines) is 1.